The summed E-state index contributed by atoms with van der Waals surface area (Å²) in [6.07, 6.45) is 0. The topological polar surface area (TPSA) is 9.86 Å². The molecule has 58 heavy (non-hydrogen) atoms. The molecule has 0 fully saturated rings. The Labute approximate surface area is 341 Å². The lowest BCUT2D eigenvalue weighted by Gasteiger charge is -2.12. The molecule has 270 valence electrons. The molecule has 13 rings (SSSR count). The molecule has 4 heterocycles. The fraction of sp³-hybridized carbons (Fsp3) is 0. The van der Waals surface area contributed by atoms with Gasteiger partial charge in [-0.3, -0.25) is 0 Å². The summed E-state index contributed by atoms with van der Waals surface area (Å²) in [5.74, 6) is 0. The van der Waals surface area contributed by atoms with Gasteiger partial charge in [0.1, 0.15) is 0 Å². The van der Waals surface area contributed by atoms with E-state index in [0.717, 1.165) is 0 Å². The predicted octanol–water partition coefficient (Wildman–Crippen LogP) is 16.0. The lowest BCUT2D eigenvalue weighted by molar-refractivity contribution is 1.20. The van der Waals surface area contributed by atoms with E-state index in [9.17, 15) is 0 Å². The second-order valence-corrected chi connectivity index (χ2v) is 17.2. The summed E-state index contributed by atoms with van der Waals surface area (Å²) in [5.41, 5.74) is 12.4. The summed E-state index contributed by atoms with van der Waals surface area (Å²) >= 11 is 3.84. The number of rotatable bonds is 4. The van der Waals surface area contributed by atoms with Crippen molar-refractivity contribution < 1.29 is 0 Å². The fourth-order valence-electron chi connectivity index (χ4n) is 9.70. The molecule has 0 aliphatic carbocycles. The molecule has 0 unspecified atom stereocenters. The molecule has 0 saturated carbocycles. The largest absolute Gasteiger partial charge is 0.308 e. The Balaban J connectivity index is 1.03. The van der Waals surface area contributed by atoms with E-state index in [4.69, 9.17) is 0 Å². The summed E-state index contributed by atoms with van der Waals surface area (Å²) in [4.78, 5) is 0. The van der Waals surface area contributed by atoms with Crippen LogP contribution in [-0.2, 0) is 0 Å². The summed E-state index contributed by atoms with van der Waals surface area (Å²) < 4.78 is 10.2. The molecule has 0 aliphatic rings. The van der Waals surface area contributed by atoms with Gasteiger partial charge in [-0.1, -0.05) is 158 Å². The molecule has 4 aromatic heterocycles. The average Bonchev–Trinajstić information content (AvgIpc) is 4.04. The smallest absolute Gasteiger partial charge is 0.0640 e. The van der Waals surface area contributed by atoms with Crippen LogP contribution in [-0.4, -0.2) is 9.13 Å². The zero-order valence-electron chi connectivity index (χ0n) is 31.2. The van der Waals surface area contributed by atoms with Crippen LogP contribution in [0.2, 0.25) is 0 Å². The third-order valence-corrected chi connectivity index (χ3v) is 14.7. The monoisotopic (exact) mass is 772 g/mol. The van der Waals surface area contributed by atoms with E-state index >= 15 is 0 Å². The molecule has 2 nitrogen and oxygen atoms in total. The van der Waals surface area contributed by atoms with E-state index < -0.39 is 0 Å². The summed E-state index contributed by atoms with van der Waals surface area (Å²) in [6, 6.07) is 71.6. The van der Waals surface area contributed by atoms with Crippen molar-refractivity contribution in [2.24, 2.45) is 0 Å². The van der Waals surface area contributed by atoms with Crippen molar-refractivity contribution in [2.75, 3.05) is 0 Å². The third kappa shape index (κ3) is 4.41. The quantitative estimate of drug-likeness (QED) is 0.169. The highest BCUT2D eigenvalue weighted by Crippen LogP contribution is 2.49. The maximum Gasteiger partial charge on any atom is 0.0640 e. The van der Waals surface area contributed by atoms with Gasteiger partial charge in [-0.05, 0) is 47.5 Å². The van der Waals surface area contributed by atoms with Gasteiger partial charge in [-0.15, -0.1) is 22.7 Å². The maximum absolute atomic E-state index is 2.46. The highest BCUT2D eigenvalue weighted by Gasteiger charge is 2.21. The molecule has 0 amide bonds. The van der Waals surface area contributed by atoms with Crippen LogP contribution in [0.25, 0.3) is 118 Å². The molecule has 0 bridgehead atoms. The summed E-state index contributed by atoms with van der Waals surface area (Å²) in [6.45, 7) is 0. The molecule has 4 heteroatoms. The van der Waals surface area contributed by atoms with Crippen molar-refractivity contribution in [3.63, 3.8) is 0 Å². The molecule has 0 saturated heterocycles. The number of hydrogen-bond donors (Lipinski definition) is 0. The average molecular weight is 773 g/mol. The first-order valence-corrected chi connectivity index (χ1v) is 21.4. The van der Waals surface area contributed by atoms with Gasteiger partial charge in [0.2, 0.25) is 0 Å². The second-order valence-electron chi connectivity index (χ2n) is 15.2. The molecule has 0 atom stereocenters. The van der Waals surface area contributed by atoms with Gasteiger partial charge in [0.15, 0.2) is 0 Å². The van der Waals surface area contributed by atoms with E-state index in [2.05, 4.69) is 203 Å². The van der Waals surface area contributed by atoms with Gasteiger partial charge in [0.05, 0.1) is 42.8 Å². The van der Waals surface area contributed by atoms with Crippen molar-refractivity contribution in [1.82, 2.24) is 9.13 Å². The highest BCUT2D eigenvalue weighted by atomic mass is 32.1. The van der Waals surface area contributed by atoms with Crippen molar-refractivity contribution in [3.05, 3.63) is 194 Å². The van der Waals surface area contributed by atoms with Crippen LogP contribution in [0.3, 0.4) is 0 Å². The van der Waals surface area contributed by atoms with Gasteiger partial charge >= 0.3 is 0 Å². The Hall–Kier alpha value is -6.98. The number of fused-ring (bicyclic) bond motifs is 12. The molecule has 9 aromatic carbocycles. The summed E-state index contributed by atoms with van der Waals surface area (Å²) in [5, 5.41) is 10.3. The predicted molar refractivity (Wildman–Crippen MR) is 252 cm³/mol. The first kappa shape index (κ1) is 32.1. The second kappa shape index (κ2) is 12.3. The Kier molecular flexibility index (Phi) is 6.79. The summed E-state index contributed by atoms with van der Waals surface area (Å²) in [7, 11) is 0. The number of thiophene rings is 2. The van der Waals surface area contributed by atoms with Crippen molar-refractivity contribution in [3.8, 4) is 33.6 Å². The third-order valence-electron chi connectivity index (χ3n) is 12.2. The first-order chi connectivity index (χ1) is 28.8. The zero-order chi connectivity index (χ0) is 37.9. The van der Waals surface area contributed by atoms with Gasteiger partial charge in [-0.2, -0.15) is 0 Å². The molecule has 0 radical (unpaired) electrons. The van der Waals surface area contributed by atoms with Gasteiger partial charge in [0.25, 0.3) is 0 Å². The lowest BCUT2D eigenvalue weighted by atomic mass is 9.93. The number of nitrogens with zero attached hydrogens (tertiary/aromatic N) is 2. The first-order valence-electron chi connectivity index (χ1n) is 19.8. The van der Waals surface area contributed by atoms with Gasteiger partial charge in [-0.25, -0.2) is 0 Å². The Morgan fingerprint density at radius 2 is 0.500 bits per heavy atom. The minimum absolute atomic E-state index is 1.23. The standard InChI is InChI=1S/C54H32N2S2/c1-2-16-34(40-22-12-24-42-44-26-14-32-50(54(44)58-52(40)42)56-47-29-9-5-19-37(47)38-20-6-10-30-48(38)56)33(15-1)39-21-11-23-41-43-25-13-31-49(53(43)57-51(39)41)55-45-27-7-3-17-35(45)36-18-4-8-28-46(36)55/h1-32H. The van der Waals surface area contributed by atoms with Crippen LogP contribution in [0.15, 0.2) is 194 Å². The van der Waals surface area contributed by atoms with Crippen molar-refractivity contribution in [1.29, 1.82) is 0 Å². The Morgan fingerprint density at radius 3 is 0.879 bits per heavy atom. The Morgan fingerprint density at radius 1 is 0.224 bits per heavy atom. The molecule has 13 aromatic rings. The zero-order valence-corrected chi connectivity index (χ0v) is 32.8. The van der Waals surface area contributed by atoms with Gasteiger partial charge < -0.3 is 9.13 Å². The fourth-order valence-corrected chi connectivity index (χ4v) is 12.4. The normalized spacial score (nSPS) is 12.1. The van der Waals surface area contributed by atoms with Crippen LogP contribution in [0.1, 0.15) is 0 Å². The number of para-hydroxylation sites is 4. The van der Waals surface area contributed by atoms with Crippen LogP contribution in [0.4, 0.5) is 0 Å². The molecular weight excluding hydrogens is 741 g/mol. The minimum Gasteiger partial charge on any atom is -0.308 e. The van der Waals surface area contributed by atoms with Crippen LogP contribution >= 0.6 is 22.7 Å². The van der Waals surface area contributed by atoms with E-state index in [1.165, 1.54) is 118 Å². The SMILES string of the molecule is c1ccc(-c2cccc3c2sc2c(-n4c5ccccc5c5ccccc54)cccc23)c(-c2cccc3c2sc2c(-n4c5ccccc5c5ccccc54)cccc23)c1. The van der Waals surface area contributed by atoms with E-state index in [1.807, 2.05) is 22.7 Å². The molecular formula is C54H32N2S2. The van der Waals surface area contributed by atoms with Crippen LogP contribution in [0.5, 0.6) is 0 Å². The number of benzene rings is 9. The van der Waals surface area contributed by atoms with Gasteiger partial charge in [0, 0.05) is 63.6 Å². The Bertz CT molecular complexity index is 3460. The number of aromatic nitrogens is 2. The lowest BCUT2D eigenvalue weighted by Crippen LogP contribution is -1.93. The van der Waals surface area contributed by atoms with Crippen molar-refractivity contribution in [2.45, 2.75) is 0 Å². The molecule has 0 aliphatic heterocycles. The van der Waals surface area contributed by atoms with Crippen LogP contribution < -0.4 is 0 Å². The van der Waals surface area contributed by atoms with E-state index in [-0.39, 0.29) is 0 Å². The van der Waals surface area contributed by atoms with Crippen molar-refractivity contribution >= 4 is 107 Å². The number of hydrogen-bond acceptors (Lipinski definition) is 2. The maximum atomic E-state index is 2.46. The highest BCUT2D eigenvalue weighted by molar-refractivity contribution is 7.27. The van der Waals surface area contributed by atoms with E-state index in [0.29, 0.717) is 0 Å². The van der Waals surface area contributed by atoms with E-state index in [1.54, 1.807) is 0 Å². The minimum atomic E-state index is 1.23. The molecule has 0 spiro atoms. The van der Waals surface area contributed by atoms with Crippen LogP contribution in [0, 0.1) is 0 Å². The molecule has 0 N–H and O–H groups in total.